The summed E-state index contributed by atoms with van der Waals surface area (Å²) in [5.74, 6) is -0.936. The number of halogens is 4. The van der Waals surface area contributed by atoms with Crippen LogP contribution >= 0.6 is 11.6 Å². The molecule has 0 aliphatic carbocycles. The molecule has 6 nitrogen and oxygen atoms in total. The standard InChI is InChI=1S/C16H17BClF3N2O4/c1-14(2)15(3,4)27-17(26-14)8-6-9(16(19,20)21)12-22-10(13(24)25-5)11(18)23(12)7-8/h6-7H,1-5H3. The first-order chi connectivity index (χ1) is 12.3. The molecule has 1 aliphatic heterocycles. The van der Waals surface area contributed by atoms with Gasteiger partial charge in [0, 0.05) is 6.20 Å². The van der Waals surface area contributed by atoms with Gasteiger partial charge in [-0.3, -0.25) is 4.40 Å². The predicted octanol–water partition coefficient (Wildman–Crippen LogP) is 3.09. The lowest BCUT2D eigenvalue weighted by atomic mass is 9.79. The molecular weight excluding hydrogens is 387 g/mol. The lowest BCUT2D eigenvalue weighted by Gasteiger charge is -2.32. The molecule has 0 radical (unpaired) electrons. The number of pyridine rings is 1. The van der Waals surface area contributed by atoms with E-state index in [0.717, 1.165) is 17.6 Å². The molecule has 3 heterocycles. The van der Waals surface area contributed by atoms with Crippen LogP contribution in [0.4, 0.5) is 13.2 Å². The van der Waals surface area contributed by atoms with Gasteiger partial charge in [-0.05, 0) is 39.2 Å². The molecule has 0 unspecified atom stereocenters. The van der Waals surface area contributed by atoms with Gasteiger partial charge in [-0.15, -0.1) is 0 Å². The summed E-state index contributed by atoms with van der Waals surface area (Å²) in [5.41, 5.74) is -3.35. The molecule has 146 valence electrons. The zero-order chi connectivity index (χ0) is 20.4. The Morgan fingerprint density at radius 2 is 1.81 bits per heavy atom. The van der Waals surface area contributed by atoms with E-state index >= 15 is 0 Å². The molecule has 11 heteroatoms. The zero-order valence-corrected chi connectivity index (χ0v) is 16.0. The van der Waals surface area contributed by atoms with Gasteiger partial charge in [0.05, 0.1) is 23.9 Å². The normalized spacial score (nSPS) is 18.9. The van der Waals surface area contributed by atoms with Crippen LogP contribution in [0.15, 0.2) is 12.3 Å². The third kappa shape index (κ3) is 3.19. The summed E-state index contributed by atoms with van der Waals surface area (Å²) >= 11 is 6.09. The van der Waals surface area contributed by atoms with Crippen LogP contribution in [0.2, 0.25) is 5.15 Å². The first kappa shape index (κ1) is 20.0. The number of fused-ring (bicyclic) bond motifs is 1. The maximum atomic E-state index is 13.6. The molecule has 0 atom stereocenters. The van der Waals surface area contributed by atoms with Crippen LogP contribution in [-0.4, -0.2) is 40.8 Å². The summed E-state index contributed by atoms with van der Waals surface area (Å²) in [5, 5.41) is -0.291. The molecular formula is C16H17BClF3N2O4. The van der Waals surface area contributed by atoms with Crippen molar-refractivity contribution >= 4 is 35.8 Å². The van der Waals surface area contributed by atoms with Crippen molar-refractivity contribution in [2.45, 2.75) is 45.1 Å². The number of methoxy groups -OCH3 is 1. The number of carbonyl (C=O) groups excluding carboxylic acids is 1. The Kier molecular flexibility index (Phi) is 4.52. The summed E-state index contributed by atoms with van der Waals surface area (Å²) < 4.78 is 58.0. The average molecular weight is 405 g/mol. The molecule has 27 heavy (non-hydrogen) atoms. The Bertz CT molecular complexity index is 911. The van der Waals surface area contributed by atoms with E-state index in [9.17, 15) is 18.0 Å². The summed E-state index contributed by atoms with van der Waals surface area (Å²) in [7, 11) is 0.0453. The van der Waals surface area contributed by atoms with Crippen LogP contribution in [0.5, 0.6) is 0 Å². The molecule has 0 amide bonds. The van der Waals surface area contributed by atoms with E-state index < -0.39 is 47.4 Å². The van der Waals surface area contributed by atoms with Crippen molar-refractivity contribution in [3.8, 4) is 0 Å². The quantitative estimate of drug-likeness (QED) is 0.569. The Balaban J connectivity index is 2.22. The molecule has 3 rings (SSSR count). The van der Waals surface area contributed by atoms with Gasteiger partial charge in [0.2, 0.25) is 0 Å². The summed E-state index contributed by atoms with van der Waals surface area (Å²) in [4.78, 5) is 15.5. The third-order valence-corrected chi connectivity index (χ3v) is 5.25. The molecule has 0 saturated carbocycles. The van der Waals surface area contributed by atoms with Crippen molar-refractivity contribution in [3.63, 3.8) is 0 Å². The predicted molar refractivity (Wildman–Crippen MR) is 92.3 cm³/mol. The van der Waals surface area contributed by atoms with Crippen LogP contribution in [0.3, 0.4) is 0 Å². The number of esters is 1. The van der Waals surface area contributed by atoms with Gasteiger partial charge < -0.3 is 14.0 Å². The number of carbonyl (C=O) groups is 1. The molecule has 1 aliphatic rings. The number of rotatable bonds is 2. The second-order valence-corrected chi connectivity index (χ2v) is 7.57. The molecule has 2 aromatic rings. The van der Waals surface area contributed by atoms with E-state index in [1.165, 1.54) is 6.20 Å². The number of alkyl halides is 3. The van der Waals surface area contributed by atoms with Gasteiger partial charge in [0.15, 0.2) is 11.3 Å². The molecule has 1 fully saturated rings. The number of hydrogen-bond acceptors (Lipinski definition) is 5. The topological polar surface area (TPSA) is 62.1 Å². The molecule has 0 spiro atoms. The van der Waals surface area contributed by atoms with Gasteiger partial charge in [0.1, 0.15) is 5.15 Å². The fraction of sp³-hybridized carbons (Fsp3) is 0.500. The highest BCUT2D eigenvalue weighted by molar-refractivity contribution is 6.62. The molecule has 0 N–H and O–H groups in total. The molecule has 0 bridgehead atoms. The zero-order valence-electron chi connectivity index (χ0n) is 15.3. The van der Waals surface area contributed by atoms with Crippen molar-refractivity contribution in [1.29, 1.82) is 0 Å². The number of imidazole rings is 1. The lowest BCUT2D eigenvalue weighted by Crippen LogP contribution is -2.41. The third-order valence-electron chi connectivity index (χ3n) is 4.89. The summed E-state index contributed by atoms with van der Waals surface area (Å²) in [6, 6.07) is 0.891. The van der Waals surface area contributed by atoms with E-state index in [4.69, 9.17) is 20.9 Å². The van der Waals surface area contributed by atoms with Gasteiger partial charge >= 0.3 is 19.3 Å². The van der Waals surface area contributed by atoms with Gasteiger partial charge in [-0.25, -0.2) is 9.78 Å². The minimum absolute atomic E-state index is 0.101. The van der Waals surface area contributed by atoms with Gasteiger partial charge in [0.25, 0.3) is 0 Å². The van der Waals surface area contributed by atoms with E-state index in [1.807, 2.05) is 0 Å². The minimum atomic E-state index is -4.73. The highest BCUT2D eigenvalue weighted by Gasteiger charge is 2.52. The second kappa shape index (κ2) is 6.12. The van der Waals surface area contributed by atoms with Crippen molar-refractivity contribution < 1.29 is 32.0 Å². The second-order valence-electron chi connectivity index (χ2n) is 7.21. The first-order valence-corrected chi connectivity index (χ1v) is 8.39. The highest BCUT2D eigenvalue weighted by Crippen LogP contribution is 2.38. The van der Waals surface area contributed by atoms with E-state index in [1.54, 1.807) is 27.7 Å². The Morgan fingerprint density at radius 3 is 2.30 bits per heavy atom. The largest absolute Gasteiger partial charge is 0.496 e. The van der Waals surface area contributed by atoms with Gasteiger partial charge in [-0.2, -0.15) is 13.2 Å². The molecule has 0 aromatic carbocycles. The molecule has 1 saturated heterocycles. The van der Waals surface area contributed by atoms with Crippen LogP contribution in [0.25, 0.3) is 5.65 Å². The highest BCUT2D eigenvalue weighted by atomic mass is 35.5. The van der Waals surface area contributed by atoms with E-state index in [2.05, 4.69) is 9.72 Å². The number of ether oxygens (including phenoxy) is 1. The van der Waals surface area contributed by atoms with E-state index in [-0.39, 0.29) is 10.6 Å². The SMILES string of the molecule is COC(=O)c1nc2c(C(F)(F)F)cc(B3OC(C)(C)C(C)(C)O3)cn2c1Cl. The Labute approximate surface area is 158 Å². The number of aromatic nitrogens is 2. The monoisotopic (exact) mass is 404 g/mol. The lowest BCUT2D eigenvalue weighted by molar-refractivity contribution is -0.136. The van der Waals surface area contributed by atoms with Crippen LogP contribution in [0.1, 0.15) is 43.7 Å². The van der Waals surface area contributed by atoms with E-state index in [0.29, 0.717) is 0 Å². The fourth-order valence-electron chi connectivity index (χ4n) is 2.68. The van der Waals surface area contributed by atoms with Crippen molar-refractivity contribution in [3.05, 3.63) is 28.7 Å². The van der Waals surface area contributed by atoms with Crippen LogP contribution in [-0.2, 0) is 20.2 Å². The maximum absolute atomic E-state index is 13.6. The fourth-order valence-corrected chi connectivity index (χ4v) is 2.93. The Morgan fingerprint density at radius 1 is 1.26 bits per heavy atom. The van der Waals surface area contributed by atoms with Crippen LogP contribution in [0, 0.1) is 0 Å². The van der Waals surface area contributed by atoms with Crippen molar-refractivity contribution in [2.75, 3.05) is 7.11 Å². The summed E-state index contributed by atoms with van der Waals surface area (Å²) in [6.45, 7) is 7.15. The maximum Gasteiger partial charge on any atom is 0.496 e. The summed E-state index contributed by atoms with van der Waals surface area (Å²) in [6.07, 6.45) is -3.42. The smallest absolute Gasteiger partial charge is 0.464 e. The van der Waals surface area contributed by atoms with Crippen LogP contribution < -0.4 is 5.46 Å². The van der Waals surface area contributed by atoms with Crippen molar-refractivity contribution in [1.82, 2.24) is 9.38 Å². The number of nitrogens with zero attached hydrogens (tertiary/aromatic N) is 2. The Hall–Kier alpha value is -1.78. The van der Waals surface area contributed by atoms with Crippen molar-refractivity contribution in [2.24, 2.45) is 0 Å². The first-order valence-electron chi connectivity index (χ1n) is 8.01. The number of hydrogen-bond donors (Lipinski definition) is 0. The molecule has 2 aromatic heterocycles. The van der Waals surface area contributed by atoms with Gasteiger partial charge in [-0.1, -0.05) is 11.6 Å². The average Bonchev–Trinajstić information content (AvgIpc) is 2.98. The minimum Gasteiger partial charge on any atom is -0.464 e.